The van der Waals surface area contributed by atoms with Crippen LogP contribution in [0.15, 0.2) is 48.5 Å². The Morgan fingerprint density at radius 3 is 1.65 bits per heavy atom. The Balaban J connectivity index is 2.43. The number of alkyl halides is 6. The van der Waals surface area contributed by atoms with E-state index in [-0.39, 0.29) is 19.8 Å². The molecule has 0 heterocycles. The van der Waals surface area contributed by atoms with Gasteiger partial charge in [-0.05, 0) is 102 Å². The molecule has 0 aromatic heterocycles. The average molecular weight is 711 g/mol. The fourth-order valence-corrected chi connectivity index (χ4v) is 5.92. The first kappa shape index (κ1) is 41.8. The van der Waals surface area contributed by atoms with Crippen LogP contribution in [0.5, 0.6) is 0 Å². The number of hydrogen-bond acceptors (Lipinski definition) is 3. The summed E-state index contributed by atoms with van der Waals surface area (Å²) in [7, 11) is 0.564. The predicted molar refractivity (Wildman–Crippen MR) is 183 cm³/mol. The lowest BCUT2D eigenvalue weighted by molar-refractivity contribution is -0.343. The Labute approximate surface area is 287 Å². The van der Waals surface area contributed by atoms with Crippen LogP contribution in [0.1, 0.15) is 110 Å². The van der Waals surface area contributed by atoms with E-state index in [4.69, 9.17) is 8.85 Å². The molecule has 0 bridgehead atoms. The van der Waals surface area contributed by atoms with E-state index in [1.165, 1.54) is 0 Å². The second kappa shape index (κ2) is 15.3. The van der Waals surface area contributed by atoms with Crippen LogP contribution in [0.4, 0.5) is 26.3 Å². The highest BCUT2D eigenvalue weighted by molar-refractivity contribution is 6.32. The van der Waals surface area contributed by atoms with E-state index >= 15 is 0 Å². The first-order chi connectivity index (χ1) is 21.6. The van der Waals surface area contributed by atoms with Gasteiger partial charge >= 0.3 is 18.0 Å². The van der Waals surface area contributed by atoms with E-state index in [0.717, 1.165) is 34.3 Å². The lowest BCUT2D eigenvalue weighted by atomic mass is 9.84. The number of benzene rings is 2. The number of halogens is 6. The van der Waals surface area contributed by atoms with Gasteiger partial charge in [0.2, 0.25) is 19.5 Å². The van der Waals surface area contributed by atoms with E-state index in [1.54, 1.807) is 19.1 Å². The van der Waals surface area contributed by atoms with Crippen molar-refractivity contribution < 1.29 is 40.3 Å². The monoisotopic (exact) mass is 710 g/mol. The Bertz CT molecular complexity index is 1470. The lowest BCUT2D eigenvalue weighted by Gasteiger charge is -2.37. The molecule has 2 aromatic rings. The number of allylic oxidation sites excluding steroid dienone is 2. The molecule has 0 aliphatic carbocycles. The summed E-state index contributed by atoms with van der Waals surface area (Å²) >= 11 is 0. The highest BCUT2D eigenvalue weighted by Gasteiger charge is 2.70. The quantitative estimate of drug-likeness (QED) is 0.143. The largest absolute Gasteiger partial charge is 0.438 e. The molecule has 0 spiro atoms. The third-order valence-corrected chi connectivity index (χ3v) is 9.76. The average Bonchev–Trinajstić information content (AvgIpc) is 2.94. The Hall–Kier alpha value is -2.37. The molecule has 2 aromatic carbocycles. The van der Waals surface area contributed by atoms with Crippen molar-refractivity contribution in [3.63, 3.8) is 0 Å². The maximum Gasteiger partial charge on any atom is 0.438 e. The van der Waals surface area contributed by atoms with Crippen molar-refractivity contribution in [2.45, 2.75) is 135 Å². The summed E-state index contributed by atoms with van der Waals surface area (Å²) in [6, 6.07) is 13.7. The number of rotatable bonds is 11. The van der Waals surface area contributed by atoms with E-state index in [1.807, 2.05) is 18.1 Å². The summed E-state index contributed by atoms with van der Waals surface area (Å²) in [5.74, 6) is 2.81. The van der Waals surface area contributed by atoms with Crippen molar-refractivity contribution in [2.24, 2.45) is 0 Å². The molecule has 0 fully saturated rings. The van der Waals surface area contributed by atoms with Crippen molar-refractivity contribution in [1.82, 2.24) is 0 Å². The summed E-state index contributed by atoms with van der Waals surface area (Å²) < 4.78 is 91.2. The van der Waals surface area contributed by atoms with Crippen molar-refractivity contribution in [3.05, 3.63) is 76.4 Å². The number of aryl methyl sites for hydroxylation is 2. The van der Waals surface area contributed by atoms with E-state index < -0.39 is 29.2 Å². The highest BCUT2D eigenvalue weighted by Crippen LogP contribution is 2.43. The molecule has 2 rings (SSSR count). The van der Waals surface area contributed by atoms with Gasteiger partial charge in [-0.25, -0.2) is 0 Å². The van der Waals surface area contributed by atoms with Crippen molar-refractivity contribution >= 4 is 25.1 Å². The molecule has 3 nitrogen and oxygen atoms in total. The van der Waals surface area contributed by atoms with Gasteiger partial charge in [0.25, 0.3) is 0 Å². The van der Waals surface area contributed by atoms with Gasteiger partial charge in [-0.3, -0.25) is 0 Å². The molecule has 0 aliphatic heterocycles. The van der Waals surface area contributed by atoms with Gasteiger partial charge in [0, 0.05) is 0 Å². The zero-order valence-corrected chi connectivity index (χ0v) is 31.8. The molecular formula is C37H48F6O3Si2. The SMILES string of the molecule is CCC(=CC#CC(O)(C(F)(F)F)C(F)(F)F)c1cccc(CCc2ccc(C(C)(C)O[Si]C(C)(C)C)c(C(C)(C)O[Si]C(C)(C)C)c2)c1. The van der Waals surface area contributed by atoms with Crippen molar-refractivity contribution in [2.75, 3.05) is 0 Å². The smallest absolute Gasteiger partial charge is 0.408 e. The molecule has 0 amide bonds. The van der Waals surface area contributed by atoms with E-state index in [2.05, 4.69) is 87.4 Å². The van der Waals surface area contributed by atoms with Crippen LogP contribution in [0, 0.1) is 11.8 Å². The summed E-state index contributed by atoms with van der Waals surface area (Å²) in [6.45, 7) is 22.9. The predicted octanol–water partition coefficient (Wildman–Crippen LogP) is 10.3. The minimum Gasteiger partial charge on any atom is -0.408 e. The van der Waals surface area contributed by atoms with Gasteiger partial charge in [-0.15, -0.1) is 0 Å². The molecule has 48 heavy (non-hydrogen) atoms. The topological polar surface area (TPSA) is 38.7 Å². The molecule has 0 atom stereocenters. The maximum absolute atomic E-state index is 13.0. The summed E-state index contributed by atoms with van der Waals surface area (Å²) in [4.78, 5) is 0. The van der Waals surface area contributed by atoms with Gasteiger partial charge < -0.3 is 14.0 Å². The van der Waals surface area contributed by atoms with Gasteiger partial charge in [0.15, 0.2) is 0 Å². The van der Waals surface area contributed by atoms with Gasteiger partial charge in [0.05, 0.1) is 11.2 Å². The van der Waals surface area contributed by atoms with E-state index in [9.17, 15) is 31.4 Å². The zero-order valence-electron chi connectivity index (χ0n) is 29.8. The van der Waals surface area contributed by atoms with Gasteiger partial charge in [-0.2, -0.15) is 26.3 Å². The molecule has 1 N–H and O–H groups in total. The Kier molecular flexibility index (Phi) is 13.3. The second-order valence-electron chi connectivity index (χ2n) is 15.0. The van der Waals surface area contributed by atoms with Crippen LogP contribution < -0.4 is 0 Å². The van der Waals surface area contributed by atoms with E-state index in [0.29, 0.717) is 40.2 Å². The van der Waals surface area contributed by atoms with Crippen LogP contribution in [-0.4, -0.2) is 42.6 Å². The fraction of sp³-hybridized carbons (Fsp3) is 0.568. The molecular weight excluding hydrogens is 663 g/mol. The normalized spacial score (nSPS) is 14.2. The summed E-state index contributed by atoms with van der Waals surface area (Å²) in [5, 5.41) is 9.36. The van der Waals surface area contributed by atoms with Gasteiger partial charge in [0.1, 0.15) is 0 Å². The molecule has 4 radical (unpaired) electrons. The van der Waals surface area contributed by atoms with Crippen LogP contribution in [0.25, 0.3) is 5.57 Å². The summed E-state index contributed by atoms with van der Waals surface area (Å²) in [5.41, 5.74) is -1.11. The van der Waals surface area contributed by atoms with Gasteiger partial charge in [-0.1, -0.05) is 96.9 Å². The Morgan fingerprint density at radius 1 is 0.708 bits per heavy atom. The van der Waals surface area contributed by atoms with Crippen LogP contribution >= 0.6 is 0 Å². The molecule has 0 aliphatic rings. The third-order valence-electron chi connectivity index (χ3n) is 7.31. The highest BCUT2D eigenvalue weighted by atomic mass is 28.2. The summed E-state index contributed by atoms with van der Waals surface area (Å²) in [6.07, 6.45) is -9.39. The maximum atomic E-state index is 13.0. The number of hydrogen-bond donors (Lipinski definition) is 1. The standard InChI is InChI=1S/C37H48F6O3Si2/c1-12-27(17-14-22-35(44,36(38,39)40)37(41,42)43)28-16-13-15-25(23-28)18-19-26-20-21-29(33(8,9)45-47-31(2,3)4)30(24-26)34(10,11)46-48-32(5,6)7/h13,15-17,20-21,23-24,44H,12,18-19H2,1-11H3. The fourth-order valence-electron chi connectivity index (χ4n) is 4.58. The molecule has 0 saturated heterocycles. The Morgan fingerprint density at radius 2 is 1.19 bits per heavy atom. The first-order valence-electron chi connectivity index (χ1n) is 15.8. The van der Waals surface area contributed by atoms with Crippen molar-refractivity contribution in [1.29, 1.82) is 0 Å². The molecule has 264 valence electrons. The van der Waals surface area contributed by atoms with Crippen LogP contribution in [0.3, 0.4) is 0 Å². The number of aliphatic hydroxyl groups is 1. The molecule has 0 unspecified atom stereocenters. The first-order valence-corrected chi connectivity index (χ1v) is 17.6. The van der Waals surface area contributed by atoms with Crippen LogP contribution in [-0.2, 0) is 32.9 Å². The zero-order chi connectivity index (χ0) is 37.0. The van der Waals surface area contributed by atoms with Crippen LogP contribution in [0.2, 0.25) is 10.1 Å². The minimum atomic E-state index is -6.00. The lowest BCUT2D eigenvalue weighted by Crippen LogP contribution is -2.55. The second-order valence-corrected chi connectivity index (χ2v) is 18.8. The minimum absolute atomic E-state index is 0.00501. The molecule has 11 heteroatoms. The third kappa shape index (κ3) is 11.6. The van der Waals surface area contributed by atoms with Crippen molar-refractivity contribution in [3.8, 4) is 11.8 Å². The molecule has 0 saturated carbocycles.